The summed E-state index contributed by atoms with van der Waals surface area (Å²) in [6.45, 7) is 9.48. The fourth-order valence-electron chi connectivity index (χ4n) is 9.25. The molecular formula is C38H43ClN6O3S. The van der Waals surface area contributed by atoms with Crippen LogP contribution in [0.5, 0.6) is 0 Å². The molecule has 1 saturated heterocycles. The molecule has 3 aliphatic heterocycles. The monoisotopic (exact) mass is 698 g/mol. The van der Waals surface area contributed by atoms with Gasteiger partial charge in [0.2, 0.25) is 0 Å². The van der Waals surface area contributed by atoms with Crippen LogP contribution in [0, 0.1) is 11.3 Å². The minimum Gasteiger partial charge on any atom is -0.396 e. The number of rotatable bonds is 9. The van der Waals surface area contributed by atoms with Crippen LogP contribution in [0.3, 0.4) is 0 Å². The van der Waals surface area contributed by atoms with Gasteiger partial charge in [-0.3, -0.25) is 14.9 Å². The topological polar surface area (TPSA) is 104 Å². The Bertz CT molecular complexity index is 1880. The second-order valence-corrected chi connectivity index (χ2v) is 16.5. The molecule has 1 aliphatic carbocycles. The number of aliphatic hydroxyl groups excluding tert-OH is 1. The molecule has 1 unspecified atom stereocenters. The van der Waals surface area contributed by atoms with E-state index in [1.165, 1.54) is 16.9 Å². The molecule has 0 radical (unpaired) electrons. The average molecular weight is 699 g/mol. The number of thiazole rings is 1. The van der Waals surface area contributed by atoms with Crippen molar-refractivity contribution in [1.29, 1.82) is 0 Å². The van der Waals surface area contributed by atoms with Crippen LogP contribution in [-0.4, -0.2) is 67.5 Å². The predicted molar refractivity (Wildman–Crippen MR) is 192 cm³/mol. The number of fused-ring (bicyclic) bond motifs is 2. The lowest BCUT2D eigenvalue weighted by Crippen LogP contribution is -2.53. The number of hydrogen-bond donors (Lipinski definition) is 2. The zero-order chi connectivity index (χ0) is 33.9. The predicted octanol–water partition coefficient (Wildman–Crippen LogP) is 6.70. The lowest BCUT2D eigenvalue weighted by atomic mass is 9.52. The van der Waals surface area contributed by atoms with Crippen LogP contribution in [0.1, 0.15) is 84.9 Å². The van der Waals surface area contributed by atoms with Gasteiger partial charge in [0.25, 0.3) is 11.8 Å². The first-order valence-corrected chi connectivity index (χ1v) is 18.7. The SMILES string of the molecule is CC1(CN2CCC(CO)CC2)CC(C)(c2ccc(-c3cc(Cl)c4c(c3)C(=O)N(C(C(=O)Nc3nccs3)c3ncn5c3CCC5)C4)cc2)C1. The van der Waals surface area contributed by atoms with Crippen LogP contribution in [0.2, 0.25) is 5.02 Å². The number of likely N-dealkylation sites (tertiary alicyclic amines) is 1. The standard InChI is InChI=1S/C38H43ClN6O3S/c1-37(22-43-13-9-24(19-46)10-14-43)20-38(2,21-37)27-7-5-25(6-8-27)26-16-28-29(30(39)17-26)18-45(35(28)48)33(34(47)42-36-40-11-15-49-36)32-31-4-3-12-44(31)23-41-32/h5-8,11,15-17,23-24,33,46H,3-4,9-10,12-14,18-22H2,1-2H3,(H,40,42,47). The molecule has 2 fully saturated rings. The molecule has 11 heteroatoms. The molecule has 2 N–H and O–H groups in total. The Kier molecular flexibility index (Phi) is 8.41. The van der Waals surface area contributed by atoms with E-state index in [0.717, 1.165) is 87.1 Å². The smallest absolute Gasteiger partial charge is 0.255 e. The number of anilines is 1. The Hall–Kier alpha value is -3.57. The lowest BCUT2D eigenvalue weighted by Gasteiger charge is -2.55. The average Bonchev–Trinajstić information content (AvgIpc) is 3.89. The second kappa shape index (κ2) is 12.6. The molecule has 5 heterocycles. The number of aryl methyl sites for hydroxylation is 1. The van der Waals surface area contributed by atoms with E-state index in [1.54, 1.807) is 22.8 Å². The first-order valence-electron chi connectivity index (χ1n) is 17.4. The van der Waals surface area contributed by atoms with E-state index in [1.807, 2.05) is 12.1 Å². The molecule has 2 aromatic heterocycles. The van der Waals surface area contributed by atoms with E-state index >= 15 is 0 Å². The van der Waals surface area contributed by atoms with Crippen molar-refractivity contribution in [3.8, 4) is 11.1 Å². The van der Waals surface area contributed by atoms with E-state index in [0.29, 0.717) is 39.4 Å². The molecule has 4 aliphatic rings. The summed E-state index contributed by atoms with van der Waals surface area (Å²) in [5, 5.41) is 15.2. The van der Waals surface area contributed by atoms with Gasteiger partial charge in [-0.25, -0.2) is 9.97 Å². The number of carbonyl (C=O) groups is 2. The van der Waals surface area contributed by atoms with Crippen molar-refractivity contribution in [3.05, 3.63) is 87.4 Å². The molecule has 49 heavy (non-hydrogen) atoms. The molecule has 9 nitrogen and oxygen atoms in total. The van der Waals surface area contributed by atoms with Crippen LogP contribution in [-0.2, 0) is 29.7 Å². The highest BCUT2D eigenvalue weighted by molar-refractivity contribution is 7.13. The van der Waals surface area contributed by atoms with Crippen LogP contribution in [0.4, 0.5) is 5.13 Å². The zero-order valence-corrected chi connectivity index (χ0v) is 29.7. The summed E-state index contributed by atoms with van der Waals surface area (Å²) in [5.41, 5.74) is 6.52. The van der Waals surface area contributed by atoms with Crippen molar-refractivity contribution in [2.75, 3.05) is 31.6 Å². The van der Waals surface area contributed by atoms with Crippen LogP contribution >= 0.6 is 22.9 Å². The highest BCUT2D eigenvalue weighted by Gasteiger charge is 2.50. The molecule has 2 amide bonds. The Morgan fingerprint density at radius 3 is 2.59 bits per heavy atom. The molecule has 8 rings (SSSR count). The van der Waals surface area contributed by atoms with Crippen molar-refractivity contribution in [2.45, 2.75) is 76.9 Å². The van der Waals surface area contributed by atoms with Crippen molar-refractivity contribution >= 4 is 39.9 Å². The zero-order valence-electron chi connectivity index (χ0n) is 28.1. The molecule has 0 bridgehead atoms. The Labute approximate surface area is 296 Å². The van der Waals surface area contributed by atoms with Crippen molar-refractivity contribution in [3.63, 3.8) is 0 Å². The normalized spacial score (nSPS) is 24.5. The molecule has 1 saturated carbocycles. The van der Waals surface area contributed by atoms with Gasteiger partial charge in [-0.2, -0.15) is 0 Å². The summed E-state index contributed by atoms with van der Waals surface area (Å²) < 4.78 is 2.08. The van der Waals surface area contributed by atoms with Crippen molar-refractivity contribution in [2.24, 2.45) is 11.3 Å². The Balaban J connectivity index is 1.00. The van der Waals surface area contributed by atoms with Crippen LogP contribution < -0.4 is 5.32 Å². The lowest BCUT2D eigenvalue weighted by molar-refractivity contribution is -0.121. The maximum absolute atomic E-state index is 14.2. The summed E-state index contributed by atoms with van der Waals surface area (Å²) in [6, 6.07) is 11.7. The fraction of sp³-hybridized carbons (Fsp3) is 0.474. The minimum absolute atomic E-state index is 0.129. The third-order valence-corrected chi connectivity index (χ3v) is 12.4. The van der Waals surface area contributed by atoms with Crippen LogP contribution in [0.25, 0.3) is 11.1 Å². The summed E-state index contributed by atoms with van der Waals surface area (Å²) in [7, 11) is 0. The number of aromatic nitrogens is 3. The number of halogens is 1. The number of hydrogen-bond acceptors (Lipinski definition) is 7. The van der Waals surface area contributed by atoms with Gasteiger partial charge >= 0.3 is 0 Å². The number of nitrogens with one attached hydrogen (secondary N) is 1. The number of piperidine rings is 1. The number of imidazole rings is 1. The molecule has 0 spiro atoms. The molecule has 1 atom stereocenters. The maximum atomic E-state index is 14.2. The van der Waals surface area contributed by atoms with Crippen molar-refractivity contribution in [1.82, 2.24) is 24.3 Å². The van der Waals surface area contributed by atoms with Gasteiger partial charge in [0.15, 0.2) is 11.2 Å². The Morgan fingerprint density at radius 1 is 1.10 bits per heavy atom. The van der Waals surface area contributed by atoms with Crippen molar-refractivity contribution < 1.29 is 14.7 Å². The van der Waals surface area contributed by atoms with Crippen LogP contribution in [0.15, 0.2) is 54.3 Å². The number of nitrogens with zero attached hydrogens (tertiary/aromatic N) is 5. The van der Waals surface area contributed by atoms with E-state index in [2.05, 4.69) is 62.9 Å². The van der Waals surface area contributed by atoms with E-state index in [9.17, 15) is 14.7 Å². The van der Waals surface area contributed by atoms with Gasteiger partial charge in [0.05, 0.1) is 12.0 Å². The largest absolute Gasteiger partial charge is 0.396 e. The summed E-state index contributed by atoms with van der Waals surface area (Å²) in [5.74, 6) is -0.0908. The highest BCUT2D eigenvalue weighted by Crippen LogP contribution is 2.56. The maximum Gasteiger partial charge on any atom is 0.255 e. The van der Waals surface area contributed by atoms with E-state index in [-0.39, 0.29) is 23.8 Å². The number of aliphatic hydroxyl groups is 1. The number of amides is 2. The molecule has 256 valence electrons. The molecular weight excluding hydrogens is 656 g/mol. The Morgan fingerprint density at radius 2 is 1.88 bits per heavy atom. The van der Waals surface area contributed by atoms with Gasteiger partial charge in [-0.15, -0.1) is 11.3 Å². The van der Waals surface area contributed by atoms with Gasteiger partial charge in [-0.1, -0.05) is 49.7 Å². The van der Waals surface area contributed by atoms with Gasteiger partial charge in [-0.05, 0) is 97.2 Å². The van der Waals surface area contributed by atoms with Gasteiger partial charge in [0.1, 0.15) is 0 Å². The first kappa shape index (κ1) is 32.6. The number of benzene rings is 2. The van der Waals surface area contributed by atoms with E-state index in [4.69, 9.17) is 11.6 Å². The fourth-order valence-corrected chi connectivity index (χ4v) is 10.1. The molecule has 4 aromatic rings. The third-order valence-electron chi connectivity index (χ3n) is 11.4. The highest BCUT2D eigenvalue weighted by atomic mass is 35.5. The summed E-state index contributed by atoms with van der Waals surface area (Å²) >= 11 is 8.25. The quantitative estimate of drug-likeness (QED) is 0.202. The molecule has 2 aromatic carbocycles. The van der Waals surface area contributed by atoms with Gasteiger partial charge in [0, 0.05) is 59.7 Å². The van der Waals surface area contributed by atoms with Gasteiger partial charge < -0.3 is 19.5 Å². The van der Waals surface area contributed by atoms with E-state index < -0.39 is 6.04 Å². The summed E-state index contributed by atoms with van der Waals surface area (Å²) in [6.07, 6.45) is 9.69. The third kappa shape index (κ3) is 6.00. The first-order chi connectivity index (χ1) is 23.6. The number of carbonyl (C=O) groups excluding carboxylic acids is 2. The summed E-state index contributed by atoms with van der Waals surface area (Å²) in [4.78, 5) is 41.1. The second-order valence-electron chi connectivity index (χ2n) is 15.2. The minimum atomic E-state index is -0.904.